The van der Waals surface area contributed by atoms with Gasteiger partial charge in [0.1, 0.15) is 0 Å². The number of nitrogens with one attached hydrogen (secondary N) is 1. The third kappa shape index (κ3) is 4.11. The second-order valence-corrected chi connectivity index (χ2v) is 5.04. The van der Waals surface area contributed by atoms with Gasteiger partial charge in [0.25, 0.3) is 11.6 Å². The van der Waals surface area contributed by atoms with Crippen LogP contribution >= 0.6 is 11.6 Å². The van der Waals surface area contributed by atoms with Crippen molar-refractivity contribution < 1.29 is 19.2 Å². The van der Waals surface area contributed by atoms with Gasteiger partial charge in [-0.05, 0) is 25.1 Å². The van der Waals surface area contributed by atoms with E-state index in [-0.39, 0.29) is 22.3 Å². The summed E-state index contributed by atoms with van der Waals surface area (Å²) in [6, 6.07) is 7.09. The first-order valence-electron chi connectivity index (χ1n) is 6.83. The Morgan fingerprint density at radius 1 is 1.38 bits per heavy atom. The molecule has 0 bridgehead atoms. The van der Waals surface area contributed by atoms with Crippen molar-refractivity contribution in [1.82, 2.24) is 4.98 Å². The Kier molecular flexibility index (Phi) is 5.54. The van der Waals surface area contributed by atoms with E-state index in [0.29, 0.717) is 5.69 Å². The molecule has 0 aliphatic rings. The van der Waals surface area contributed by atoms with Gasteiger partial charge in [-0.3, -0.25) is 14.9 Å². The molecule has 0 aliphatic heterocycles. The quantitative estimate of drug-likeness (QED) is 0.487. The second-order valence-electron chi connectivity index (χ2n) is 4.68. The summed E-state index contributed by atoms with van der Waals surface area (Å²) in [5, 5.41) is 13.6. The number of hydrogen-bond donors (Lipinski definition) is 1. The number of non-ortho nitro benzene ring substituents is 1. The lowest BCUT2D eigenvalue weighted by molar-refractivity contribution is -0.385. The first-order chi connectivity index (χ1) is 11.4. The van der Waals surface area contributed by atoms with Crippen LogP contribution in [0, 0.1) is 10.1 Å². The minimum Gasteiger partial charge on any atom is -0.493 e. The first-order valence-corrected chi connectivity index (χ1v) is 7.20. The van der Waals surface area contributed by atoms with Crippen molar-refractivity contribution >= 4 is 28.9 Å². The minimum atomic E-state index is -0.947. The van der Waals surface area contributed by atoms with Crippen LogP contribution in [0.3, 0.4) is 0 Å². The molecular formula is C15H14ClN3O5. The van der Waals surface area contributed by atoms with E-state index in [0.717, 1.165) is 0 Å². The molecule has 24 heavy (non-hydrogen) atoms. The van der Waals surface area contributed by atoms with Gasteiger partial charge in [-0.1, -0.05) is 11.6 Å². The lowest BCUT2D eigenvalue weighted by atomic mass is 10.2. The maximum absolute atomic E-state index is 12.2. The summed E-state index contributed by atoms with van der Waals surface area (Å²) in [5.41, 5.74) is 0.166. The first kappa shape index (κ1) is 17.5. The van der Waals surface area contributed by atoms with Crippen LogP contribution in [0.4, 0.5) is 11.4 Å². The Bertz CT molecular complexity index is 769. The largest absolute Gasteiger partial charge is 0.493 e. The fourth-order valence-corrected chi connectivity index (χ4v) is 2.00. The summed E-state index contributed by atoms with van der Waals surface area (Å²) in [6.07, 6.45) is 0.545. The lowest BCUT2D eigenvalue weighted by Gasteiger charge is -2.16. The van der Waals surface area contributed by atoms with Gasteiger partial charge < -0.3 is 14.8 Å². The third-order valence-electron chi connectivity index (χ3n) is 3.05. The van der Waals surface area contributed by atoms with Crippen LogP contribution in [0.1, 0.15) is 6.92 Å². The number of anilines is 1. The number of carbonyl (C=O) groups excluding carboxylic acids is 1. The average Bonchev–Trinajstić information content (AvgIpc) is 2.56. The molecule has 0 fully saturated rings. The van der Waals surface area contributed by atoms with E-state index in [1.165, 1.54) is 38.4 Å². The zero-order valence-corrected chi connectivity index (χ0v) is 13.6. The number of benzene rings is 1. The summed E-state index contributed by atoms with van der Waals surface area (Å²) < 4.78 is 10.6. The molecule has 1 atom stereocenters. The van der Waals surface area contributed by atoms with Crippen LogP contribution in [0.2, 0.25) is 5.15 Å². The molecule has 0 aliphatic carbocycles. The molecule has 0 spiro atoms. The van der Waals surface area contributed by atoms with Crippen molar-refractivity contribution in [3.05, 3.63) is 51.8 Å². The maximum Gasteiger partial charge on any atom is 0.273 e. The predicted molar refractivity (Wildman–Crippen MR) is 87.6 cm³/mol. The number of carbonyl (C=O) groups is 1. The van der Waals surface area contributed by atoms with Crippen molar-refractivity contribution in [2.45, 2.75) is 13.0 Å². The van der Waals surface area contributed by atoms with Crippen LogP contribution in [0.5, 0.6) is 11.5 Å². The highest BCUT2D eigenvalue weighted by Gasteiger charge is 2.20. The standard InChI is InChI=1S/C15H14ClN3O5/c1-9(15(20)18-11-4-3-7-17-14(11)16)24-13-8-10(19(21)22)5-6-12(13)23-2/h3-9H,1-2H3,(H,18,20)/t9-/m1/s1. The zero-order chi connectivity index (χ0) is 17.7. The minimum absolute atomic E-state index is 0.0895. The van der Waals surface area contributed by atoms with E-state index in [1.807, 2.05) is 0 Å². The van der Waals surface area contributed by atoms with Crippen molar-refractivity contribution in [1.29, 1.82) is 0 Å². The Balaban J connectivity index is 2.15. The van der Waals surface area contributed by atoms with Gasteiger partial charge in [0.2, 0.25) is 0 Å². The van der Waals surface area contributed by atoms with Gasteiger partial charge in [-0.2, -0.15) is 0 Å². The van der Waals surface area contributed by atoms with E-state index in [4.69, 9.17) is 21.1 Å². The van der Waals surface area contributed by atoms with Crippen molar-refractivity contribution in [2.24, 2.45) is 0 Å². The molecule has 126 valence electrons. The molecule has 1 heterocycles. The van der Waals surface area contributed by atoms with Crippen molar-refractivity contribution in [3.8, 4) is 11.5 Å². The molecule has 0 unspecified atom stereocenters. The number of nitrogens with zero attached hydrogens (tertiary/aromatic N) is 2. The number of ether oxygens (including phenoxy) is 2. The fourth-order valence-electron chi connectivity index (χ4n) is 1.83. The molecule has 0 saturated heterocycles. The number of amides is 1. The van der Waals surface area contributed by atoms with Crippen LogP contribution in [0.25, 0.3) is 0 Å². The van der Waals surface area contributed by atoms with E-state index < -0.39 is 16.9 Å². The van der Waals surface area contributed by atoms with Crippen LogP contribution < -0.4 is 14.8 Å². The normalized spacial score (nSPS) is 11.5. The topological polar surface area (TPSA) is 104 Å². The second kappa shape index (κ2) is 7.60. The molecule has 1 N–H and O–H groups in total. The molecule has 0 radical (unpaired) electrons. The third-order valence-corrected chi connectivity index (χ3v) is 3.35. The zero-order valence-electron chi connectivity index (χ0n) is 12.9. The summed E-state index contributed by atoms with van der Waals surface area (Å²) in [5.74, 6) is -0.121. The molecule has 0 saturated carbocycles. The van der Waals surface area contributed by atoms with Gasteiger partial charge in [0, 0.05) is 12.3 Å². The van der Waals surface area contributed by atoms with E-state index in [1.54, 1.807) is 12.1 Å². The fraction of sp³-hybridized carbons (Fsp3) is 0.200. The van der Waals surface area contributed by atoms with Crippen molar-refractivity contribution in [2.75, 3.05) is 12.4 Å². The Morgan fingerprint density at radius 3 is 2.75 bits per heavy atom. The molecular weight excluding hydrogens is 338 g/mol. The molecule has 8 nitrogen and oxygen atoms in total. The van der Waals surface area contributed by atoms with Gasteiger partial charge >= 0.3 is 0 Å². The number of nitro groups is 1. The predicted octanol–water partition coefficient (Wildman–Crippen LogP) is 3.06. The van der Waals surface area contributed by atoms with E-state index >= 15 is 0 Å². The summed E-state index contributed by atoms with van der Waals surface area (Å²) in [6.45, 7) is 1.50. The number of hydrogen-bond acceptors (Lipinski definition) is 6. The lowest BCUT2D eigenvalue weighted by Crippen LogP contribution is -2.30. The highest BCUT2D eigenvalue weighted by molar-refractivity contribution is 6.32. The summed E-state index contributed by atoms with van der Waals surface area (Å²) in [7, 11) is 1.40. The molecule has 1 aromatic carbocycles. The van der Waals surface area contributed by atoms with Gasteiger partial charge in [0.15, 0.2) is 22.8 Å². The van der Waals surface area contributed by atoms with Crippen LogP contribution in [0.15, 0.2) is 36.5 Å². The monoisotopic (exact) mass is 351 g/mol. The van der Waals surface area contributed by atoms with Crippen LogP contribution in [-0.4, -0.2) is 29.0 Å². The average molecular weight is 352 g/mol. The maximum atomic E-state index is 12.2. The number of halogens is 1. The molecule has 2 rings (SSSR count). The molecule has 1 amide bonds. The Labute approximate surface area is 142 Å². The highest BCUT2D eigenvalue weighted by atomic mass is 35.5. The smallest absolute Gasteiger partial charge is 0.273 e. The van der Waals surface area contributed by atoms with Gasteiger partial charge in [-0.25, -0.2) is 4.98 Å². The van der Waals surface area contributed by atoms with Crippen molar-refractivity contribution in [3.63, 3.8) is 0 Å². The van der Waals surface area contributed by atoms with E-state index in [9.17, 15) is 14.9 Å². The molecule has 1 aromatic heterocycles. The number of aromatic nitrogens is 1. The number of pyridine rings is 1. The molecule has 2 aromatic rings. The highest BCUT2D eigenvalue weighted by Crippen LogP contribution is 2.32. The van der Waals surface area contributed by atoms with E-state index in [2.05, 4.69) is 10.3 Å². The summed E-state index contributed by atoms with van der Waals surface area (Å²) >= 11 is 5.87. The Hall–Kier alpha value is -2.87. The number of nitro benzene ring substituents is 1. The van der Waals surface area contributed by atoms with Crippen LogP contribution in [-0.2, 0) is 4.79 Å². The number of methoxy groups -OCH3 is 1. The molecule has 9 heteroatoms. The number of rotatable bonds is 6. The summed E-state index contributed by atoms with van der Waals surface area (Å²) in [4.78, 5) is 26.3. The Morgan fingerprint density at radius 2 is 2.12 bits per heavy atom. The SMILES string of the molecule is COc1ccc([N+](=O)[O-])cc1O[C@H](C)C(=O)Nc1cccnc1Cl. The van der Waals surface area contributed by atoms with Gasteiger partial charge in [0.05, 0.1) is 23.8 Å². The van der Waals surface area contributed by atoms with Gasteiger partial charge in [-0.15, -0.1) is 0 Å².